The van der Waals surface area contributed by atoms with Crippen molar-refractivity contribution < 1.29 is 14.5 Å². The van der Waals surface area contributed by atoms with Crippen LogP contribution in [0, 0.1) is 11.3 Å². The lowest BCUT2D eigenvalue weighted by Crippen LogP contribution is -3.28. The maximum absolute atomic E-state index is 6.30. The van der Waals surface area contributed by atoms with E-state index >= 15 is 0 Å². The summed E-state index contributed by atoms with van der Waals surface area (Å²) < 4.78 is 6.30. The molecule has 3 atom stereocenters. The molecule has 2 fully saturated rings. The summed E-state index contributed by atoms with van der Waals surface area (Å²) in [6.45, 7) is 15.3. The Morgan fingerprint density at radius 1 is 1.07 bits per heavy atom. The van der Waals surface area contributed by atoms with Gasteiger partial charge in [-0.15, -0.1) is 0 Å². The van der Waals surface area contributed by atoms with Crippen LogP contribution in [0.5, 0.6) is 0 Å². The number of hydrogen-bond acceptors (Lipinski definition) is 2. The monoisotopic (exact) mass is 392 g/mol. The zero-order valence-corrected chi connectivity index (χ0v) is 18.4. The third-order valence-corrected chi connectivity index (χ3v) is 6.69. The Hall–Kier alpha value is -0.550. The zero-order chi connectivity index (χ0) is 19.3. The van der Waals surface area contributed by atoms with E-state index < -0.39 is 0 Å². The SMILES string of the molecule is C[C@H]1C[C@@H](OC[C@H](S)C[NH+]2CC[NH+](Cc3ccccc3)CC2)CC(C)(C)C1. The van der Waals surface area contributed by atoms with Crippen molar-refractivity contribution in [2.45, 2.75) is 57.9 Å². The molecule has 27 heavy (non-hydrogen) atoms. The largest absolute Gasteiger partial charge is 0.377 e. The summed E-state index contributed by atoms with van der Waals surface area (Å²) in [4.78, 5) is 3.42. The number of ether oxygens (including phenoxy) is 1. The zero-order valence-electron chi connectivity index (χ0n) is 17.5. The van der Waals surface area contributed by atoms with Gasteiger partial charge < -0.3 is 14.5 Å². The normalized spacial score (nSPS) is 32.1. The molecule has 3 rings (SSSR count). The summed E-state index contributed by atoms with van der Waals surface area (Å²) in [7, 11) is 0. The van der Waals surface area contributed by atoms with Gasteiger partial charge in [0.1, 0.15) is 32.7 Å². The quantitative estimate of drug-likeness (QED) is 0.600. The van der Waals surface area contributed by atoms with Crippen LogP contribution in [0.2, 0.25) is 0 Å². The average Bonchev–Trinajstić information content (AvgIpc) is 2.61. The topological polar surface area (TPSA) is 18.1 Å². The first-order valence-electron chi connectivity index (χ1n) is 10.9. The molecule has 0 aromatic heterocycles. The Labute approximate surface area is 171 Å². The first-order valence-corrected chi connectivity index (χ1v) is 11.4. The van der Waals surface area contributed by atoms with Crippen LogP contribution in [0.4, 0.5) is 0 Å². The van der Waals surface area contributed by atoms with E-state index in [0.717, 1.165) is 25.6 Å². The van der Waals surface area contributed by atoms with Crippen LogP contribution in [0.25, 0.3) is 0 Å². The molecular weight excluding hydrogens is 352 g/mol. The van der Waals surface area contributed by atoms with Crippen molar-refractivity contribution in [3.63, 3.8) is 0 Å². The Bertz CT molecular complexity index is 557. The second-order valence-corrected chi connectivity index (χ2v) is 10.6. The van der Waals surface area contributed by atoms with Gasteiger partial charge in [0.2, 0.25) is 0 Å². The summed E-state index contributed by atoms with van der Waals surface area (Å²) in [5.74, 6) is 0.781. The number of thiol groups is 1. The van der Waals surface area contributed by atoms with Gasteiger partial charge in [-0.25, -0.2) is 0 Å². The number of nitrogens with one attached hydrogen (secondary N) is 2. The molecule has 152 valence electrons. The lowest BCUT2D eigenvalue weighted by molar-refractivity contribution is -1.02. The molecule has 1 aliphatic carbocycles. The molecule has 1 saturated carbocycles. The van der Waals surface area contributed by atoms with E-state index in [0.29, 0.717) is 16.8 Å². The van der Waals surface area contributed by atoms with Gasteiger partial charge in [0, 0.05) is 5.56 Å². The molecule has 0 amide bonds. The van der Waals surface area contributed by atoms with Crippen LogP contribution < -0.4 is 9.80 Å². The summed E-state index contributed by atoms with van der Waals surface area (Å²) in [5.41, 5.74) is 1.89. The first-order chi connectivity index (χ1) is 12.9. The maximum Gasteiger partial charge on any atom is 0.127 e. The van der Waals surface area contributed by atoms with Crippen molar-refractivity contribution in [2.75, 3.05) is 39.3 Å². The number of rotatable bonds is 7. The highest BCUT2D eigenvalue weighted by atomic mass is 32.1. The second kappa shape index (κ2) is 9.78. The van der Waals surface area contributed by atoms with E-state index in [1.807, 2.05) is 0 Å². The van der Waals surface area contributed by atoms with Crippen LogP contribution in [-0.2, 0) is 11.3 Å². The summed E-state index contributed by atoms with van der Waals surface area (Å²) >= 11 is 4.86. The van der Waals surface area contributed by atoms with Gasteiger partial charge in [0.25, 0.3) is 0 Å². The van der Waals surface area contributed by atoms with E-state index in [-0.39, 0.29) is 0 Å². The Morgan fingerprint density at radius 2 is 1.74 bits per heavy atom. The van der Waals surface area contributed by atoms with E-state index in [1.165, 1.54) is 51.0 Å². The van der Waals surface area contributed by atoms with E-state index in [1.54, 1.807) is 9.80 Å². The first kappa shape index (κ1) is 21.2. The molecule has 0 radical (unpaired) electrons. The number of quaternary nitrogens is 2. The van der Waals surface area contributed by atoms with Crippen molar-refractivity contribution in [1.82, 2.24) is 0 Å². The third kappa shape index (κ3) is 7.08. The molecule has 0 bridgehead atoms. The van der Waals surface area contributed by atoms with Gasteiger partial charge in [-0.1, -0.05) is 51.1 Å². The van der Waals surface area contributed by atoms with Gasteiger partial charge in [-0.2, -0.15) is 12.6 Å². The molecule has 0 spiro atoms. The molecule has 3 nitrogen and oxygen atoms in total. The minimum atomic E-state index is 0.357. The summed E-state index contributed by atoms with van der Waals surface area (Å²) in [6.07, 6.45) is 4.18. The average molecular weight is 393 g/mol. The molecular formula is C23H40N2OS+2. The second-order valence-electron chi connectivity index (χ2n) is 9.89. The predicted octanol–water partition coefficient (Wildman–Crippen LogP) is 1.50. The highest BCUT2D eigenvalue weighted by Gasteiger charge is 2.33. The van der Waals surface area contributed by atoms with Gasteiger partial charge in [0.15, 0.2) is 0 Å². The smallest absolute Gasteiger partial charge is 0.127 e. The highest BCUT2D eigenvalue weighted by molar-refractivity contribution is 7.81. The molecule has 2 aliphatic rings. The predicted molar refractivity (Wildman–Crippen MR) is 116 cm³/mol. The maximum atomic E-state index is 6.30. The minimum absolute atomic E-state index is 0.357. The molecule has 0 unspecified atom stereocenters. The Balaban J connectivity index is 1.34. The lowest BCUT2D eigenvalue weighted by Gasteiger charge is -2.39. The van der Waals surface area contributed by atoms with Crippen LogP contribution in [0.15, 0.2) is 30.3 Å². The van der Waals surface area contributed by atoms with Crippen molar-refractivity contribution >= 4 is 12.6 Å². The molecule has 1 aromatic rings. The van der Waals surface area contributed by atoms with E-state index in [2.05, 4.69) is 51.1 Å². The fraction of sp³-hybridized carbons (Fsp3) is 0.739. The van der Waals surface area contributed by atoms with E-state index in [4.69, 9.17) is 17.4 Å². The lowest BCUT2D eigenvalue weighted by atomic mass is 9.71. The van der Waals surface area contributed by atoms with Crippen LogP contribution in [0.3, 0.4) is 0 Å². The van der Waals surface area contributed by atoms with Gasteiger partial charge >= 0.3 is 0 Å². The van der Waals surface area contributed by atoms with Crippen LogP contribution in [0.1, 0.15) is 45.6 Å². The Kier molecular flexibility index (Phi) is 7.66. The van der Waals surface area contributed by atoms with Gasteiger partial charge in [-0.3, -0.25) is 0 Å². The van der Waals surface area contributed by atoms with Crippen molar-refractivity contribution in [3.8, 4) is 0 Å². The molecule has 1 aromatic carbocycles. The van der Waals surface area contributed by atoms with Crippen molar-refractivity contribution in [2.24, 2.45) is 11.3 Å². The highest BCUT2D eigenvalue weighted by Crippen LogP contribution is 2.39. The summed E-state index contributed by atoms with van der Waals surface area (Å²) in [5, 5.41) is 0.357. The number of hydrogen-bond donors (Lipinski definition) is 3. The number of benzene rings is 1. The molecule has 1 heterocycles. The van der Waals surface area contributed by atoms with Gasteiger partial charge in [0.05, 0.1) is 24.5 Å². The molecule has 1 saturated heterocycles. The number of piperazine rings is 1. The standard InChI is InChI=1S/C23H38N2OS/c1-19-13-21(15-23(2,3)14-19)26-18-22(27)17-25-11-9-24(10-12-25)16-20-7-5-4-6-8-20/h4-8,19,21-22,27H,9-18H2,1-3H3/p+2/t19-,21+,22+/m0/s1. The molecule has 2 N–H and O–H groups in total. The fourth-order valence-electron chi connectivity index (χ4n) is 5.25. The molecule has 1 aliphatic heterocycles. The Morgan fingerprint density at radius 3 is 2.41 bits per heavy atom. The minimum Gasteiger partial charge on any atom is -0.377 e. The van der Waals surface area contributed by atoms with Crippen molar-refractivity contribution in [3.05, 3.63) is 35.9 Å². The van der Waals surface area contributed by atoms with Crippen molar-refractivity contribution in [1.29, 1.82) is 0 Å². The molecule has 4 heteroatoms. The summed E-state index contributed by atoms with van der Waals surface area (Å²) in [6, 6.07) is 10.9. The van der Waals surface area contributed by atoms with E-state index in [9.17, 15) is 0 Å². The fourth-order valence-corrected chi connectivity index (χ4v) is 5.59. The third-order valence-electron chi connectivity index (χ3n) is 6.36. The van der Waals surface area contributed by atoms with Crippen LogP contribution in [-0.4, -0.2) is 50.7 Å². The van der Waals surface area contributed by atoms with Crippen LogP contribution >= 0.6 is 12.6 Å². The van der Waals surface area contributed by atoms with Gasteiger partial charge in [-0.05, 0) is 30.6 Å².